The summed E-state index contributed by atoms with van der Waals surface area (Å²) in [6.07, 6.45) is 0.928. The van der Waals surface area contributed by atoms with Gasteiger partial charge in [0.05, 0.1) is 0 Å². The van der Waals surface area contributed by atoms with Gasteiger partial charge < -0.3 is 0 Å². The Morgan fingerprint density at radius 2 is 1.75 bits per heavy atom. The highest BCUT2D eigenvalue weighted by Crippen LogP contribution is 2.10. The van der Waals surface area contributed by atoms with Gasteiger partial charge in [-0.25, -0.2) is 0 Å². The maximum absolute atomic E-state index is 12.0. The third kappa shape index (κ3) is 5.98. The summed E-state index contributed by atoms with van der Waals surface area (Å²) < 4.78 is 0. The van der Waals surface area contributed by atoms with E-state index in [0.717, 1.165) is 5.56 Å². The lowest BCUT2D eigenvalue weighted by Crippen LogP contribution is -2.48. The van der Waals surface area contributed by atoms with Crippen LogP contribution in [0.4, 0.5) is 0 Å². The highest BCUT2D eigenvalue weighted by atomic mass is 35.5. The predicted octanol–water partition coefficient (Wildman–Crippen LogP) is 2.61. The van der Waals surface area contributed by atoms with Crippen molar-refractivity contribution >= 4 is 40.7 Å². The molecule has 2 aromatic carbocycles. The second-order valence-electron chi connectivity index (χ2n) is 4.95. The van der Waals surface area contributed by atoms with Crippen LogP contribution in [0, 0.1) is 0 Å². The van der Waals surface area contributed by atoms with Crippen molar-refractivity contribution in [1.29, 1.82) is 0 Å². The van der Waals surface area contributed by atoms with E-state index in [-0.39, 0.29) is 11.0 Å². The molecule has 0 aromatic heterocycles. The maximum Gasteiger partial charge on any atom is 0.257 e. The van der Waals surface area contributed by atoms with Gasteiger partial charge in [-0.05, 0) is 42.4 Å². The first-order valence-corrected chi connectivity index (χ1v) is 8.03. The van der Waals surface area contributed by atoms with Gasteiger partial charge in [-0.2, -0.15) is 0 Å². The Morgan fingerprint density at radius 1 is 1.00 bits per heavy atom. The molecule has 0 atom stereocenters. The number of nitrogens with one attached hydrogen (secondary N) is 3. The fourth-order valence-electron chi connectivity index (χ4n) is 1.93. The zero-order valence-corrected chi connectivity index (χ0v) is 14.3. The highest BCUT2D eigenvalue weighted by Gasteiger charge is 2.09. The summed E-state index contributed by atoms with van der Waals surface area (Å²) in [6, 6.07) is 16.2. The molecule has 124 valence electrons. The number of amides is 2. The van der Waals surface area contributed by atoms with E-state index in [4.69, 9.17) is 23.8 Å². The van der Waals surface area contributed by atoms with Crippen LogP contribution < -0.4 is 16.2 Å². The summed E-state index contributed by atoms with van der Waals surface area (Å²) in [5, 5.41) is 2.92. The number of hydrogen-bond donors (Lipinski definition) is 3. The number of halogens is 1. The molecule has 0 fully saturated rings. The van der Waals surface area contributed by atoms with Gasteiger partial charge in [-0.1, -0.05) is 48.0 Å². The number of benzene rings is 2. The number of carbonyl (C=O) groups excluding carboxylic acids is 2. The molecule has 0 aliphatic rings. The van der Waals surface area contributed by atoms with E-state index in [1.807, 2.05) is 30.3 Å². The summed E-state index contributed by atoms with van der Waals surface area (Å²) in [4.78, 5) is 23.7. The molecule has 0 bridgehead atoms. The first-order valence-electron chi connectivity index (χ1n) is 7.24. The van der Waals surface area contributed by atoms with Crippen LogP contribution in [0.5, 0.6) is 0 Å². The van der Waals surface area contributed by atoms with Gasteiger partial charge in [0.2, 0.25) is 5.91 Å². The van der Waals surface area contributed by atoms with Crippen LogP contribution in [0.15, 0.2) is 54.6 Å². The smallest absolute Gasteiger partial charge is 0.257 e. The molecule has 24 heavy (non-hydrogen) atoms. The Bertz CT molecular complexity index is 738. The number of rotatable bonds is 4. The molecular weight excluding hydrogens is 346 g/mol. The van der Waals surface area contributed by atoms with Gasteiger partial charge in [-0.3, -0.25) is 25.8 Å². The summed E-state index contributed by atoms with van der Waals surface area (Å²) in [5.41, 5.74) is 6.40. The van der Waals surface area contributed by atoms with Crippen molar-refractivity contribution in [3.8, 4) is 0 Å². The maximum atomic E-state index is 12.0. The van der Waals surface area contributed by atoms with E-state index < -0.39 is 5.91 Å². The number of carbonyl (C=O) groups is 2. The van der Waals surface area contributed by atoms with Gasteiger partial charge in [-0.15, -0.1) is 0 Å². The van der Waals surface area contributed by atoms with E-state index >= 15 is 0 Å². The molecular formula is C17H16ClN3O2S. The fourth-order valence-corrected chi connectivity index (χ4v) is 2.26. The molecule has 0 saturated carbocycles. The SMILES string of the molecule is O=C(CCc1ccccc1)NNC(=S)NC(=O)c1cccc(Cl)c1. The van der Waals surface area contributed by atoms with Crippen LogP contribution >= 0.6 is 23.8 Å². The number of hydrazine groups is 1. The third-order valence-electron chi connectivity index (χ3n) is 3.11. The van der Waals surface area contributed by atoms with Crippen LogP contribution in [0.25, 0.3) is 0 Å². The molecule has 0 heterocycles. The van der Waals surface area contributed by atoms with E-state index in [0.29, 0.717) is 23.4 Å². The lowest BCUT2D eigenvalue weighted by atomic mass is 10.1. The molecule has 0 saturated heterocycles. The summed E-state index contributed by atoms with van der Waals surface area (Å²) in [6.45, 7) is 0. The minimum Gasteiger partial charge on any atom is -0.298 e. The standard InChI is InChI=1S/C17H16ClN3O2S/c18-14-8-4-7-13(11-14)16(23)19-17(24)21-20-15(22)10-9-12-5-2-1-3-6-12/h1-8,11H,9-10H2,(H,20,22)(H2,19,21,23,24). The lowest BCUT2D eigenvalue weighted by molar-refractivity contribution is -0.121. The van der Waals surface area contributed by atoms with Gasteiger partial charge in [0.15, 0.2) is 5.11 Å². The molecule has 2 amide bonds. The topological polar surface area (TPSA) is 70.2 Å². The Kier molecular flexibility index (Phi) is 6.72. The molecule has 2 aromatic rings. The third-order valence-corrected chi connectivity index (χ3v) is 3.55. The van der Waals surface area contributed by atoms with Gasteiger partial charge in [0, 0.05) is 17.0 Å². The minimum absolute atomic E-state index is 0.00744. The largest absolute Gasteiger partial charge is 0.298 e. The Labute approximate surface area is 150 Å². The molecule has 0 radical (unpaired) electrons. The molecule has 3 N–H and O–H groups in total. The van der Waals surface area contributed by atoms with Gasteiger partial charge in [0.1, 0.15) is 0 Å². The zero-order valence-electron chi connectivity index (χ0n) is 12.7. The molecule has 0 unspecified atom stereocenters. The van der Waals surface area contributed by atoms with E-state index in [1.54, 1.807) is 18.2 Å². The lowest BCUT2D eigenvalue weighted by Gasteiger charge is -2.11. The number of thiocarbonyl (C=S) groups is 1. The van der Waals surface area contributed by atoms with Crippen LogP contribution in [-0.4, -0.2) is 16.9 Å². The Balaban J connectivity index is 1.72. The van der Waals surface area contributed by atoms with E-state index in [1.165, 1.54) is 6.07 Å². The summed E-state index contributed by atoms with van der Waals surface area (Å²) >= 11 is 10.8. The second-order valence-corrected chi connectivity index (χ2v) is 5.80. The van der Waals surface area contributed by atoms with Crippen LogP contribution in [0.1, 0.15) is 22.3 Å². The average molecular weight is 362 g/mol. The Hall–Kier alpha value is -2.44. The summed E-state index contributed by atoms with van der Waals surface area (Å²) in [5.74, 6) is -0.633. The Morgan fingerprint density at radius 3 is 2.46 bits per heavy atom. The molecule has 7 heteroatoms. The van der Waals surface area contributed by atoms with Crippen molar-refractivity contribution in [3.63, 3.8) is 0 Å². The van der Waals surface area contributed by atoms with E-state index in [9.17, 15) is 9.59 Å². The van der Waals surface area contributed by atoms with Crippen LogP contribution in [0.3, 0.4) is 0 Å². The molecule has 0 aliphatic carbocycles. The van der Waals surface area contributed by atoms with Gasteiger partial charge in [0.25, 0.3) is 5.91 Å². The summed E-state index contributed by atoms with van der Waals surface area (Å²) in [7, 11) is 0. The van der Waals surface area contributed by atoms with Crippen molar-refractivity contribution in [1.82, 2.24) is 16.2 Å². The van der Waals surface area contributed by atoms with Gasteiger partial charge >= 0.3 is 0 Å². The number of hydrogen-bond acceptors (Lipinski definition) is 3. The minimum atomic E-state index is -0.409. The van der Waals surface area contributed by atoms with Crippen molar-refractivity contribution in [3.05, 3.63) is 70.7 Å². The quantitative estimate of drug-likeness (QED) is 0.578. The van der Waals surface area contributed by atoms with Crippen molar-refractivity contribution in [2.24, 2.45) is 0 Å². The monoisotopic (exact) mass is 361 g/mol. The normalized spacial score (nSPS) is 9.88. The molecule has 2 rings (SSSR count). The molecule has 0 aliphatic heterocycles. The second kappa shape index (κ2) is 9.00. The van der Waals surface area contributed by atoms with Crippen LogP contribution in [0.2, 0.25) is 5.02 Å². The number of aryl methyl sites for hydroxylation is 1. The fraction of sp³-hybridized carbons (Fsp3) is 0.118. The van der Waals surface area contributed by atoms with E-state index in [2.05, 4.69) is 16.2 Å². The van der Waals surface area contributed by atoms with Crippen molar-refractivity contribution in [2.75, 3.05) is 0 Å². The molecule has 0 spiro atoms. The van der Waals surface area contributed by atoms with Crippen molar-refractivity contribution in [2.45, 2.75) is 12.8 Å². The van der Waals surface area contributed by atoms with Crippen molar-refractivity contribution < 1.29 is 9.59 Å². The first kappa shape index (κ1) is 17.9. The highest BCUT2D eigenvalue weighted by molar-refractivity contribution is 7.80. The predicted molar refractivity (Wildman–Crippen MR) is 97.6 cm³/mol. The van der Waals surface area contributed by atoms with Crippen LogP contribution in [-0.2, 0) is 11.2 Å². The average Bonchev–Trinajstić information content (AvgIpc) is 2.59. The zero-order chi connectivity index (χ0) is 17.4. The first-order chi connectivity index (χ1) is 11.5. The molecule has 5 nitrogen and oxygen atoms in total.